The molecule has 0 radical (unpaired) electrons. The van der Waals surface area contributed by atoms with Gasteiger partial charge in [-0.05, 0) is 72.7 Å². The lowest BCUT2D eigenvalue weighted by molar-refractivity contribution is -0.134. The van der Waals surface area contributed by atoms with Crippen LogP contribution in [0.3, 0.4) is 0 Å². The lowest BCUT2D eigenvalue weighted by Gasteiger charge is -2.27. The van der Waals surface area contributed by atoms with E-state index in [0.29, 0.717) is 28.8 Å². The second-order valence-electron chi connectivity index (χ2n) is 14.2. The molecular weight excluding hydrogens is 748 g/mol. The third-order valence-corrected chi connectivity index (χ3v) is 8.96. The van der Waals surface area contributed by atoms with Gasteiger partial charge < -0.3 is 54.9 Å². The summed E-state index contributed by atoms with van der Waals surface area (Å²) >= 11 is 0. The Morgan fingerprint density at radius 1 is 0.690 bits per heavy atom. The van der Waals surface area contributed by atoms with Crippen LogP contribution in [-0.2, 0) is 32.0 Å². The Labute approximate surface area is 334 Å². The van der Waals surface area contributed by atoms with Crippen LogP contribution in [-0.4, -0.2) is 77.2 Å². The average Bonchev–Trinajstić information content (AvgIpc) is 3.61. The number of guanidine groups is 2. The number of aliphatic imine (C=N–C) groups is 2. The molecule has 5 amide bonds. The van der Waals surface area contributed by atoms with Crippen molar-refractivity contribution in [2.45, 2.75) is 70.1 Å². The number of nitrogens with zero attached hydrogens (tertiary/aromatic N) is 2. The monoisotopic (exact) mass is 798 g/mol. The molecule has 1 heterocycles. The molecule has 58 heavy (non-hydrogen) atoms. The summed E-state index contributed by atoms with van der Waals surface area (Å²) in [5.74, 6) is -4.36. The number of carbonyl (C=O) groups is 5. The first-order chi connectivity index (χ1) is 27.6. The molecule has 4 atom stereocenters. The number of aromatic amines is 1. The van der Waals surface area contributed by atoms with E-state index in [4.69, 9.17) is 28.7 Å². The van der Waals surface area contributed by atoms with Gasteiger partial charge >= 0.3 is 0 Å². The molecule has 4 rings (SSSR count). The predicted octanol–water partition coefficient (Wildman–Crippen LogP) is 0.835. The molecule has 3 aromatic carbocycles. The number of nitrogens with two attached hydrogens (primary N) is 5. The van der Waals surface area contributed by atoms with Crippen molar-refractivity contribution < 1.29 is 28.4 Å². The van der Waals surface area contributed by atoms with Crippen molar-refractivity contribution in [3.05, 3.63) is 102 Å². The van der Waals surface area contributed by atoms with Gasteiger partial charge in [-0.1, -0.05) is 56.3 Å². The van der Waals surface area contributed by atoms with Gasteiger partial charge in [0.25, 0.3) is 5.91 Å². The number of benzene rings is 3. The molecule has 15 N–H and O–H groups in total. The van der Waals surface area contributed by atoms with Crippen molar-refractivity contribution in [3.8, 4) is 0 Å². The number of primary amides is 1. The van der Waals surface area contributed by atoms with Crippen LogP contribution in [0.25, 0.3) is 10.9 Å². The number of H-pyrrole nitrogens is 1. The summed E-state index contributed by atoms with van der Waals surface area (Å²) in [5, 5.41) is 11.7. The molecule has 0 saturated heterocycles. The zero-order chi connectivity index (χ0) is 42.4. The van der Waals surface area contributed by atoms with E-state index < -0.39 is 59.5 Å². The number of hydrogen-bond acceptors (Lipinski definition) is 7. The highest BCUT2D eigenvalue weighted by atomic mass is 19.1. The fourth-order valence-electron chi connectivity index (χ4n) is 6.11. The number of rotatable bonds is 20. The SMILES string of the molecule is CC(C)C[C@H](NC(=O)[C@H](Cc1ccc(N=C(N)N)cc1)NC(=O)[C@H](Cc1ccc(F)cc1)NC(=O)c1cc2ccccc2[nH]1)C(=O)N[C@@H](CCCN=C(N)N)C(N)=O. The van der Waals surface area contributed by atoms with E-state index in [0.717, 1.165) is 5.39 Å². The first kappa shape index (κ1) is 43.7. The largest absolute Gasteiger partial charge is 0.370 e. The summed E-state index contributed by atoms with van der Waals surface area (Å²) in [6.07, 6.45) is 0.505. The molecule has 0 bridgehead atoms. The molecule has 0 aliphatic heterocycles. The Hall–Kier alpha value is -6.98. The fourth-order valence-corrected chi connectivity index (χ4v) is 6.11. The summed E-state index contributed by atoms with van der Waals surface area (Å²) < 4.78 is 13.8. The van der Waals surface area contributed by atoms with Crippen LogP contribution in [0.2, 0.25) is 0 Å². The number of nitrogens with one attached hydrogen (secondary N) is 5. The van der Waals surface area contributed by atoms with Gasteiger partial charge in [-0.15, -0.1) is 0 Å². The van der Waals surface area contributed by atoms with Crippen LogP contribution in [0.4, 0.5) is 10.1 Å². The normalized spacial score (nSPS) is 13.0. The van der Waals surface area contributed by atoms with Gasteiger partial charge in [-0.3, -0.25) is 29.0 Å². The molecule has 18 heteroatoms. The second kappa shape index (κ2) is 20.8. The minimum Gasteiger partial charge on any atom is -0.370 e. The van der Waals surface area contributed by atoms with Crippen molar-refractivity contribution in [3.63, 3.8) is 0 Å². The van der Waals surface area contributed by atoms with Crippen LogP contribution in [0.15, 0.2) is 88.8 Å². The lowest BCUT2D eigenvalue weighted by atomic mass is 9.99. The molecule has 4 aromatic rings. The van der Waals surface area contributed by atoms with E-state index in [2.05, 4.69) is 36.2 Å². The molecule has 308 valence electrons. The quantitative estimate of drug-likeness (QED) is 0.0344. The third kappa shape index (κ3) is 13.6. The first-order valence-electron chi connectivity index (χ1n) is 18.6. The van der Waals surface area contributed by atoms with Crippen molar-refractivity contribution in [1.29, 1.82) is 0 Å². The summed E-state index contributed by atoms with van der Waals surface area (Å²) in [7, 11) is 0. The van der Waals surface area contributed by atoms with E-state index >= 15 is 0 Å². The maximum absolute atomic E-state index is 14.2. The maximum atomic E-state index is 14.2. The number of aromatic nitrogens is 1. The molecule has 0 unspecified atom stereocenters. The number of hydrogen-bond donors (Lipinski definition) is 10. The zero-order valence-electron chi connectivity index (χ0n) is 32.3. The van der Waals surface area contributed by atoms with Gasteiger partial charge in [0.05, 0.1) is 5.69 Å². The predicted molar refractivity (Wildman–Crippen MR) is 220 cm³/mol. The highest BCUT2D eigenvalue weighted by Gasteiger charge is 2.32. The van der Waals surface area contributed by atoms with Gasteiger partial charge in [-0.2, -0.15) is 0 Å². The van der Waals surface area contributed by atoms with Gasteiger partial charge in [0.1, 0.15) is 35.7 Å². The standard InChI is InChI=1S/C40H51FN12O5/c1-22(2)18-30(35(55)50-29(34(42)54)8-5-17-47-39(43)44)51-36(56)32(20-24-11-15-27(16-12-24)48-40(45)46)52-37(57)31(19-23-9-13-26(41)14-10-23)53-38(58)33-21-25-6-3-4-7-28(25)49-33/h3-4,6-7,9-16,21-22,29-32,49H,5,8,17-20H2,1-2H3,(H2,42,54)(H,50,55)(H,51,56)(H,52,57)(H,53,58)(H4,43,44,47)(H4,45,46,48)/t29-,30-,31-,32-/m0/s1. The maximum Gasteiger partial charge on any atom is 0.268 e. The molecule has 0 spiro atoms. The molecule has 1 aromatic heterocycles. The Bertz CT molecular complexity index is 2080. The van der Waals surface area contributed by atoms with E-state index in [9.17, 15) is 28.4 Å². The van der Waals surface area contributed by atoms with Gasteiger partial charge in [0.15, 0.2) is 11.9 Å². The third-order valence-electron chi connectivity index (χ3n) is 8.96. The van der Waals surface area contributed by atoms with Crippen LogP contribution in [0.1, 0.15) is 54.7 Å². The number of amides is 5. The molecule has 0 fully saturated rings. The Morgan fingerprint density at radius 2 is 1.24 bits per heavy atom. The van der Waals surface area contributed by atoms with E-state index in [-0.39, 0.29) is 55.8 Å². The van der Waals surface area contributed by atoms with Gasteiger partial charge in [0, 0.05) is 30.3 Å². The van der Waals surface area contributed by atoms with Crippen LogP contribution in [0.5, 0.6) is 0 Å². The minimum atomic E-state index is -1.30. The summed E-state index contributed by atoms with van der Waals surface area (Å²) in [6, 6.07) is 16.2. The Morgan fingerprint density at radius 3 is 1.81 bits per heavy atom. The fraction of sp³-hybridized carbons (Fsp3) is 0.325. The number of carbonyl (C=O) groups excluding carboxylic acids is 5. The van der Waals surface area contributed by atoms with Gasteiger partial charge in [-0.25, -0.2) is 9.38 Å². The Kier molecular flexibility index (Phi) is 15.7. The zero-order valence-corrected chi connectivity index (χ0v) is 32.3. The average molecular weight is 799 g/mol. The molecule has 0 aliphatic rings. The molecule has 17 nitrogen and oxygen atoms in total. The summed E-state index contributed by atoms with van der Waals surface area (Å²) in [4.78, 5) is 78.9. The van der Waals surface area contributed by atoms with Crippen molar-refractivity contribution in [2.75, 3.05) is 6.54 Å². The smallest absolute Gasteiger partial charge is 0.268 e. The van der Waals surface area contributed by atoms with Crippen LogP contribution in [0, 0.1) is 11.7 Å². The van der Waals surface area contributed by atoms with Crippen molar-refractivity contribution >= 4 is 58.0 Å². The molecule has 0 saturated carbocycles. The lowest BCUT2D eigenvalue weighted by Crippen LogP contribution is -2.59. The second-order valence-corrected chi connectivity index (χ2v) is 14.2. The number of para-hydroxylation sites is 1. The molecular formula is C40H51FN12O5. The highest BCUT2D eigenvalue weighted by Crippen LogP contribution is 2.17. The number of halogens is 1. The van der Waals surface area contributed by atoms with E-state index in [1.54, 1.807) is 36.4 Å². The van der Waals surface area contributed by atoms with E-state index in [1.807, 2.05) is 32.0 Å². The van der Waals surface area contributed by atoms with Crippen LogP contribution >= 0.6 is 0 Å². The molecule has 0 aliphatic carbocycles. The van der Waals surface area contributed by atoms with E-state index in [1.165, 1.54) is 24.3 Å². The summed E-state index contributed by atoms with van der Waals surface area (Å²) in [5.41, 5.74) is 29.9. The highest BCUT2D eigenvalue weighted by molar-refractivity contribution is 6.01. The first-order valence-corrected chi connectivity index (χ1v) is 18.6. The van der Waals surface area contributed by atoms with Gasteiger partial charge in [0.2, 0.25) is 23.6 Å². The minimum absolute atomic E-state index is 0.0598. The topological polar surface area (TPSA) is 304 Å². The summed E-state index contributed by atoms with van der Waals surface area (Å²) in [6.45, 7) is 3.90. The van der Waals surface area contributed by atoms with Crippen molar-refractivity contribution in [1.82, 2.24) is 26.3 Å². The number of fused-ring (bicyclic) bond motifs is 1. The van der Waals surface area contributed by atoms with Crippen molar-refractivity contribution in [2.24, 2.45) is 44.6 Å². The van der Waals surface area contributed by atoms with Crippen LogP contribution < -0.4 is 49.9 Å². The Balaban J connectivity index is 1.62.